The van der Waals surface area contributed by atoms with Crippen molar-refractivity contribution in [1.82, 2.24) is 24.8 Å². The number of hydrogen-bond donors (Lipinski definition) is 1. The summed E-state index contributed by atoms with van der Waals surface area (Å²) in [5.41, 5.74) is 4.72. The number of rotatable bonds is 4. The minimum absolute atomic E-state index is 0.220. The van der Waals surface area contributed by atoms with Gasteiger partial charge in [-0.3, -0.25) is 9.69 Å². The molecule has 1 N–H and O–H groups in total. The summed E-state index contributed by atoms with van der Waals surface area (Å²) in [7, 11) is 0. The molecule has 2 aromatic heterocycles. The molecule has 8 heteroatoms. The molecule has 0 unspecified atom stereocenters. The van der Waals surface area contributed by atoms with E-state index in [1.807, 2.05) is 54.8 Å². The molecular formula is C20H21N5O2S. The number of thioether (sulfide) groups is 1. The number of fused-ring (bicyclic) bond motifs is 1. The van der Waals surface area contributed by atoms with Crippen molar-refractivity contribution in [3.8, 4) is 11.3 Å². The number of nitrogens with zero attached hydrogens (tertiary/aromatic N) is 4. The SMILES string of the molecule is Cc1cc(C)c2c(-c3ccccc3)nc(S[C@H](C)C(=O)N3CCNC3=O)n2n1. The van der Waals surface area contributed by atoms with Crippen LogP contribution in [0, 0.1) is 13.8 Å². The largest absolute Gasteiger partial charge is 0.336 e. The normalized spacial score (nSPS) is 15.1. The highest BCUT2D eigenvalue weighted by Crippen LogP contribution is 2.32. The molecule has 1 atom stereocenters. The Labute approximate surface area is 167 Å². The first kappa shape index (κ1) is 18.5. The zero-order valence-electron chi connectivity index (χ0n) is 16.0. The van der Waals surface area contributed by atoms with Crippen LogP contribution in [0.25, 0.3) is 16.8 Å². The van der Waals surface area contributed by atoms with Gasteiger partial charge in [0, 0.05) is 18.7 Å². The summed E-state index contributed by atoms with van der Waals surface area (Å²) in [4.78, 5) is 30.6. The van der Waals surface area contributed by atoms with Gasteiger partial charge >= 0.3 is 6.03 Å². The lowest BCUT2D eigenvalue weighted by Gasteiger charge is -2.16. The standard InChI is InChI=1S/C20H21N5O2S/c1-12-11-13(2)23-25-17(12)16(15-7-5-4-6-8-15)22-20(25)28-14(3)18(26)24-10-9-21-19(24)27/h4-8,11,14H,9-10H2,1-3H3,(H,21,27)/t14-/m1/s1. The highest BCUT2D eigenvalue weighted by molar-refractivity contribution is 8.00. The van der Waals surface area contributed by atoms with E-state index in [-0.39, 0.29) is 11.9 Å². The van der Waals surface area contributed by atoms with E-state index in [0.717, 1.165) is 28.0 Å². The first-order valence-electron chi connectivity index (χ1n) is 9.14. The molecule has 4 rings (SSSR count). The maximum Gasteiger partial charge on any atom is 0.324 e. The molecule has 1 aliphatic rings. The minimum Gasteiger partial charge on any atom is -0.336 e. The van der Waals surface area contributed by atoms with Gasteiger partial charge < -0.3 is 5.32 Å². The summed E-state index contributed by atoms with van der Waals surface area (Å²) in [5, 5.41) is 7.48. The molecule has 28 heavy (non-hydrogen) atoms. The van der Waals surface area contributed by atoms with E-state index in [1.165, 1.54) is 16.7 Å². The molecule has 0 aliphatic carbocycles. The van der Waals surface area contributed by atoms with Gasteiger partial charge in [0.2, 0.25) is 5.91 Å². The smallest absolute Gasteiger partial charge is 0.324 e. The predicted molar refractivity (Wildman–Crippen MR) is 108 cm³/mol. The zero-order chi connectivity index (χ0) is 19.8. The van der Waals surface area contributed by atoms with Crippen molar-refractivity contribution in [1.29, 1.82) is 0 Å². The second-order valence-electron chi connectivity index (χ2n) is 6.82. The second kappa shape index (κ2) is 7.27. The van der Waals surface area contributed by atoms with Crippen LogP contribution in [0.3, 0.4) is 0 Å². The summed E-state index contributed by atoms with van der Waals surface area (Å²) < 4.78 is 1.81. The van der Waals surface area contributed by atoms with Gasteiger partial charge in [-0.15, -0.1) is 0 Å². The third-order valence-electron chi connectivity index (χ3n) is 4.68. The molecule has 0 bridgehead atoms. The number of carbonyl (C=O) groups is 2. The maximum absolute atomic E-state index is 12.7. The fraction of sp³-hybridized carbons (Fsp3) is 0.300. The molecule has 1 aromatic carbocycles. The summed E-state index contributed by atoms with van der Waals surface area (Å²) in [6.07, 6.45) is 0. The number of carbonyl (C=O) groups excluding carboxylic acids is 2. The van der Waals surface area contributed by atoms with Gasteiger partial charge in [-0.25, -0.2) is 14.3 Å². The van der Waals surface area contributed by atoms with E-state index in [1.54, 1.807) is 6.92 Å². The van der Waals surface area contributed by atoms with Gasteiger partial charge in [-0.05, 0) is 32.4 Å². The lowest BCUT2D eigenvalue weighted by molar-refractivity contribution is -0.126. The molecule has 0 saturated carbocycles. The Morgan fingerprint density at radius 2 is 2.00 bits per heavy atom. The Bertz CT molecular complexity index is 1060. The Kier molecular flexibility index (Phi) is 4.80. The van der Waals surface area contributed by atoms with Gasteiger partial charge in [-0.2, -0.15) is 5.10 Å². The van der Waals surface area contributed by atoms with E-state index in [2.05, 4.69) is 10.4 Å². The number of nitrogens with one attached hydrogen (secondary N) is 1. The first-order chi connectivity index (χ1) is 13.5. The van der Waals surface area contributed by atoms with Crippen molar-refractivity contribution in [2.24, 2.45) is 0 Å². The number of imide groups is 1. The third-order valence-corrected chi connectivity index (χ3v) is 5.71. The van der Waals surface area contributed by atoms with Crippen LogP contribution in [0.4, 0.5) is 4.79 Å². The fourth-order valence-electron chi connectivity index (χ4n) is 3.39. The number of urea groups is 1. The Hall–Kier alpha value is -2.87. The Morgan fingerprint density at radius 1 is 1.25 bits per heavy atom. The van der Waals surface area contributed by atoms with Gasteiger partial charge in [0.1, 0.15) is 0 Å². The van der Waals surface area contributed by atoms with E-state index in [4.69, 9.17) is 4.98 Å². The van der Waals surface area contributed by atoms with Crippen LogP contribution < -0.4 is 5.32 Å². The van der Waals surface area contributed by atoms with Crippen molar-refractivity contribution >= 4 is 29.2 Å². The quantitative estimate of drug-likeness (QED) is 0.687. The number of imidazole rings is 1. The zero-order valence-corrected chi connectivity index (χ0v) is 16.8. The Balaban J connectivity index is 1.75. The van der Waals surface area contributed by atoms with Crippen LogP contribution in [0.15, 0.2) is 41.6 Å². The average Bonchev–Trinajstić information content (AvgIpc) is 3.26. The van der Waals surface area contributed by atoms with Gasteiger partial charge in [0.15, 0.2) is 5.16 Å². The fourth-order valence-corrected chi connectivity index (χ4v) is 4.31. The van der Waals surface area contributed by atoms with E-state index in [9.17, 15) is 9.59 Å². The van der Waals surface area contributed by atoms with Gasteiger partial charge in [0.25, 0.3) is 0 Å². The van der Waals surface area contributed by atoms with Crippen molar-refractivity contribution in [3.63, 3.8) is 0 Å². The average molecular weight is 395 g/mol. The lowest BCUT2D eigenvalue weighted by atomic mass is 10.1. The van der Waals surface area contributed by atoms with Crippen molar-refractivity contribution in [2.75, 3.05) is 13.1 Å². The predicted octanol–water partition coefficient (Wildman–Crippen LogP) is 3.05. The number of benzene rings is 1. The van der Waals surface area contributed by atoms with E-state index >= 15 is 0 Å². The molecule has 0 radical (unpaired) electrons. The van der Waals surface area contributed by atoms with Crippen molar-refractivity contribution in [3.05, 3.63) is 47.7 Å². The summed E-state index contributed by atoms with van der Waals surface area (Å²) in [5.74, 6) is -0.220. The summed E-state index contributed by atoms with van der Waals surface area (Å²) in [6.45, 7) is 6.66. The number of amides is 3. The highest BCUT2D eigenvalue weighted by Gasteiger charge is 2.31. The Morgan fingerprint density at radius 3 is 2.68 bits per heavy atom. The lowest BCUT2D eigenvalue weighted by Crippen LogP contribution is -2.39. The number of aryl methyl sites for hydroxylation is 2. The highest BCUT2D eigenvalue weighted by atomic mass is 32.2. The monoisotopic (exact) mass is 395 g/mol. The number of hydrogen-bond acceptors (Lipinski definition) is 5. The minimum atomic E-state index is -0.458. The topological polar surface area (TPSA) is 79.6 Å². The molecule has 3 aromatic rings. The van der Waals surface area contributed by atoms with Crippen molar-refractivity contribution < 1.29 is 9.59 Å². The van der Waals surface area contributed by atoms with Crippen molar-refractivity contribution in [2.45, 2.75) is 31.2 Å². The maximum atomic E-state index is 12.7. The van der Waals surface area contributed by atoms with E-state index < -0.39 is 5.25 Å². The molecule has 3 heterocycles. The molecule has 1 aliphatic heterocycles. The first-order valence-corrected chi connectivity index (χ1v) is 10.0. The summed E-state index contributed by atoms with van der Waals surface area (Å²) >= 11 is 1.32. The second-order valence-corrected chi connectivity index (χ2v) is 8.13. The van der Waals surface area contributed by atoms with Gasteiger partial charge in [-0.1, -0.05) is 42.1 Å². The molecule has 144 valence electrons. The van der Waals surface area contributed by atoms with Crippen LogP contribution in [0.1, 0.15) is 18.2 Å². The molecule has 1 fully saturated rings. The molecular weight excluding hydrogens is 374 g/mol. The molecule has 1 saturated heterocycles. The van der Waals surface area contributed by atoms with Crippen LogP contribution in [0.5, 0.6) is 0 Å². The number of aromatic nitrogens is 3. The third kappa shape index (κ3) is 3.24. The molecule has 3 amide bonds. The van der Waals surface area contributed by atoms with Crippen LogP contribution >= 0.6 is 11.8 Å². The van der Waals surface area contributed by atoms with Gasteiger partial charge in [0.05, 0.1) is 22.2 Å². The van der Waals surface area contributed by atoms with Crippen LogP contribution in [0.2, 0.25) is 0 Å². The van der Waals surface area contributed by atoms with Crippen LogP contribution in [-0.2, 0) is 4.79 Å². The molecule has 7 nitrogen and oxygen atoms in total. The molecule has 0 spiro atoms. The van der Waals surface area contributed by atoms with E-state index in [0.29, 0.717) is 18.2 Å². The van der Waals surface area contributed by atoms with Crippen LogP contribution in [-0.4, -0.2) is 49.8 Å². The summed E-state index contributed by atoms with van der Waals surface area (Å²) in [6, 6.07) is 11.6.